The highest BCUT2D eigenvalue weighted by Gasteiger charge is 2.19. The van der Waals surface area contributed by atoms with E-state index < -0.39 is 0 Å². The van der Waals surface area contributed by atoms with Crippen molar-refractivity contribution in [3.8, 4) is 5.69 Å². The molecule has 5 heteroatoms. The standard InChI is InChI=1S/C22H21N3O2/c26-21(17-7-6-10-20(16-17)24-11-1-2-12-24)23-19-9-5-8-18(15-19)22(27)25-13-3-4-14-25/h1-2,5-12,15-16H,3-4,13-14H2,(H,23,26). The highest BCUT2D eigenvalue weighted by atomic mass is 16.2. The number of hydrogen-bond acceptors (Lipinski definition) is 2. The zero-order valence-electron chi connectivity index (χ0n) is 15.0. The third-order valence-electron chi connectivity index (χ3n) is 4.77. The van der Waals surface area contributed by atoms with E-state index in [1.807, 2.05) is 52.2 Å². The van der Waals surface area contributed by atoms with Crippen LogP contribution in [0.3, 0.4) is 0 Å². The number of anilines is 1. The lowest BCUT2D eigenvalue weighted by molar-refractivity contribution is 0.0792. The summed E-state index contributed by atoms with van der Waals surface area (Å²) in [7, 11) is 0. The Hall–Kier alpha value is -3.34. The van der Waals surface area contributed by atoms with Gasteiger partial charge >= 0.3 is 0 Å². The lowest BCUT2D eigenvalue weighted by Crippen LogP contribution is -2.27. The van der Waals surface area contributed by atoms with Crippen molar-refractivity contribution in [2.45, 2.75) is 12.8 Å². The average Bonchev–Trinajstić information content (AvgIpc) is 3.42. The van der Waals surface area contributed by atoms with E-state index in [9.17, 15) is 9.59 Å². The number of aromatic nitrogens is 1. The van der Waals surface area contributed by atoms with Crippen molar-refractivity contribution in [3.63, 3.8) is 0 Å². The van der Waals surface area contributed by atoms with Crippen LogP contribution in [0.2, 0.25) is 0 Å². The Morgan fingerprint density at radius 2 is 1.52 bits per heavy atom. The van der Waals surface area contributed by atoms with Crippen molar-refractivity contribution in [3.05, 3.63) is 84.2 Å². The number of carbonyl (C=O) groups is 2. The predicted octanol–water partition coefficient (Wildman–Crippen LogP) is 3.97. The van der Waals surface area contributed by atoms with E-state index in [0.29, 0.717) is 16.8 Å². The first-order valence-corrected chi connectivity index (χ1v) is 9.15. The first kappa shape index (κ1) is 17.1. The molecule has 1 saturated heterocycles. The van der Waals surface area contributed by atoms with E-state index in [2.05, 4.69) is 5.32 Å². The summed E-state index contributed by atoms with van der Waals surface area (Å²) < 4.78 is 1.95. The molecule has 2 aromatic carbocycles. The number of nitrogens with one attached hydrogen (secondary N) is 1. The Labute approximate surface area is 158 Å². The summed E-state index contributed by atoms with van der Waals surface area (Å²) >= 11 is 0. The van der Waals surface area contributed by atoms with Crippen LogP contribution in [0, 0.1) is 0 Å². The monoisotopic (exact) mass is 359 g/mol. The van der Waals surface area contributed by atoms with Crippen molar-refractivity contribution in [1.82, 2.24) is 9.47 Å². The second-order valence-corrected chi connectivity index (χ2v) is 6.67. The van der Waals surface area contributed by atoms with Crippen LogP contribution in [-0.4, -0.2) is 34.4 Å². The van der Waals surface area contributed by atoms with E-state index >= 15 is 0 Å². The van der Waals surface area contributed by atoms with Crippen LogP contribution < -0.4 is 5.32 Å². The maximum atomic E-state index is 12.7. The fraction of sp³-hybridized carbons (Fsp3) is 0.182. The number of carbonyl (C=O) groups excluding carboxylic acids is 2. The summed E-state index contributed by atoms with van der Waals surface area (Å²) in [6.45, 7) is 1.61. The molecule has 0 aliphatic carbocycles. The molecule has 1 N–H and O–H groups in total. The van der Waals surface area contributed by atoms with E-state index in [0.717, 1.165) is 31.6 Å². The predicted molar refractivity (Wildman–Crippen MR) is 105 cm³/mol. The molecule has 1 fully saturated rings. The lowest BCUT2D eigenvalue weighted by Gasteiger charge is -2.16. The molecule has 2 amide bonds. The zero-order valence-corrected chi connectivity index (χ0v) is 15.0. The van der Waals surface area contributed by atoms with E-state index in [-0.39, 0.29) is 11.8 Å². The molecule has 0 bridgehead atoms. The van der Waals surface area contributed by atoms with Crippen molar-refractivity contribution in [2.24, 2.45) is 0 Å². The Bertz CT molecular complexity index is 957. The Kier molecular flexibility index (Phi) is 4.75. The van der Waals surface area contributed by atoms with E-state index in [4.69, 9.17) is 0 Å². The molecule has 1 aliphatic rings. The van der Waals surface area contributed by atoms with Crippen LogP contribution in [0.15, 0.2) is 73.1 Å². The quantitative estimate of drug-likeness (QED) is 0.766. The molecule has 0 unspecified atom stereocenters. The molecule has 136 valence electrons. The van der Waals surface area contributed by atoms with Gasteiger partial charge in [-0.3, -0.25) is 9.59 Å². The fourth-order valence-corrected chi connectivity index (χ4v) is 3.35. The smallest absolute Gasteiger partial charge is 0.255 e. The van der Waals surface area contributed by atoms with Crippen LogP contribution >= 0.6 is 0 Å². The minimum atomic E-state index is -0.199. The summed E-state index contributed by atoms with van der Waals surface area (Å²) in [6.07, 6.45) is 5.98. The molecule has 0 radical (unpaired) electrons. The van der Waals surface area contributed by atoms with Gasteiger partial charge in [0.2, 0.25) is 0 Å². The third kappa shape index (κ3) is 3.77. The van der Waals surface area contributed by atoms with Gasteiger partial charge in [0.15, 0.2) is 0 Å². The van der Waals surface area contributed by atoms with Crippen molar-refractivity contribution in [2.75, 3.05) is 18.4 Å². The minimum Gasteiger partial charge on any atom is -0.339 e. The number of likely N-dealkylation sites (tertiary alicyclic amines) is 1. The van der Waals surface area contributed by atoms with E-state index in [1.54, 1.807) is 30.3 Å². The van der Waals surface area contributed by atoms with Gasteiger partial charge in [0.05, 0.1) is 0 Å². The van der Waals surface area contributed by atoms with Crippen molar-refractivity contribution >= 4 is 17.5 Å². The minimum absolute atomic E-state index is 0.0261. The van der Waals surface area contributed by atoms with Crippen LogP contribution in [0.1, 0.15) is 33.6 Å². The number of hydrogen-bond donors (Lipinski definition) is 1. The largest absolute Gasteiger partial charge is 0.339 e. The van der Waals surface area contributed by atoms with Gasteiger partial charge < -0.3 is 14.8 Å². The summed E-state index contributed by atoms with van der Waals surface area (Å²) in [5.41, 5.74) is 2.72. The second kappa shape index (κ2) is 7.50. The molecule has 0 atom stereocenters. The molecule has 0 spiro atoms. The maximum Gasteiger partial charge on any atom is 0.255 e. The molecule has 1 aromatic heterocycles. The number of amides is 2. The molecule has 27 heavy (non-hydrogen) atoms. The number of nitrogens with zero attached hydrogens (tertiary/aromatic N) is 2. The third-order valence-corrected chi connectivity index (χ3v) is 4.77. The normalized spacial score (nSPS) is 13.6. The number of rotatable bonds is 4. The molecule has 1 aliphatic heterocycles. The summed E-state index contributed by atoms with van der Waals surface area (Å²) in [5, 5.41) is 2.90. The topological polar surface area (TPSA) is 54.3 Å². The van der Waals surface area contributed by atoms with Gasteiger partial charge in [0.25, 0.3) is 11.8 Å². The first-order valence-electron chi connectivity index (χ1n) is 9.15. The van der Waals surface area contributed by atoms with E-state index in [1.165, 1.54) is 0 Å². The highest BCUT2D eigenvalue weighted by molar-refractivity contribution is 6.05. The van der Waals surface area contributed by atoms with Gasteiger partial charge in [-0.2, -0.15) is 0 Å². The van der Waals surface area contributed by atoms with Crippen LogP contribution in [0.5, 0.6) is 0 Å². The molecular weight excluding hydrogens is 338 g/mol. The van der Waals surface area contributed by atoms with Crippen molar-refractivity contribution < 1.29 is 9.59 Å². The zero-order chi connectivity index (χ0) is 18.6. The average molecular weight is 359 g/mol. The molecule has 4 rings (SSSR count). The van der Waals surface area contributed by atoms with Gasteiger partial charge in [-0.1, -0.05) is 12.1 Å². The molecule has 3 aromatic rings. The van der Waals surface area contributed by atoms with Crippen LogP contribution in [0.25, 0.3) is 5.69 Å². The van der Waals surface area contributed by atoms with Gasteiger partial charge in [0, 0.05) is 48.0 Å². The molecular formula is C22H21N3O2. The van der Waals surface area contributed by atoms with Gasteiger partial charge in [0.1, 0.15) is 0 Å². The Morgan fingerprint density at radius 1 is 0.815 bits per heavy atom. The molecule has 2 heterocycles. The summed E-state index contributed by atoms with van der Waals surface area (Å²) in [4.78, 5) is 27.1. The summed E-state index contributed by atoms with van der Waals surface area (Å²) in [6, 6.07) is 18.5. The summed E-state index contributed by atoms with van der Waals surface area (Å²) in [5.74, 6) is -0.173. The second-order valence-electron chi connectivity index (χ2n) is 6.67. The highest BCUT2D eigenvalue weighted by Crippen LogP contribution is 2.18. The Balaban J connectivity index is 1.51. The number of benzene rings is 2. The Morgan fingerprint density at radius 3 is 2.30 bits per heavy atom. The van der Waals surface area contributed by atoms with Gasteiger partial charge in [-0.15, -0.1) is 0 Å². The van der Waals surface area contributed by atoms with Gasteiger partial charge in [-0.05, 0) is 61.4 Å². The van der Waals surface area contributed by atoms with Gasteiger partial charge in [-0.25, -0.2) is 0 Å². The first-order chi connectivity index (χ1) is 13.2. The molecule has 5 nitrogen and oxygen atoms in total. The maximum absolute atomic E-state index is 12.7. The SMILES string of the molecule is O=C(Nc1cccc(C(=O)N2CCCC2)c1)c1cccc(-n2cccc2)c1. The lowest BCUT2D eigenvalue weighted by atomic mass is 10.1. The fourth-order valence-electron chi connectivity index (χ4n) is 3.35. The molecule has 0 saturated carbocycles. The van der Waals surface area contributed by atoms with Crippen molar-refractivity contribution in [1.29, 1.82) is 0 Å². The van der Waals surface area contributed by atoms with Crippen LogP contribution in [0.4, 0.5) is 5.69 Å². The van der Waals surface area contributed by atoms with Crippen LogP contribution in [-0.2, 0) is 0 Å².